The molecule has 2 saturated heterocycles. The molecule has 8 nitrogen and oxygen atoms in total. The minimum Gasteiger partial charge on any atom is -0.359 e. The third kappa shape index (κ3) is 5.75. The first-order valence-corrected chi connectivity index (χ1v) is 15.9. The third-order valence-electron chi connectivity index (χ3n) is 9.74. The van der Waals surface area contributed by atoms with E-state index in [0.717, 1.165) is 32.2 Å². The van der Waals surface area contributed by atoms with Crippen LogP contribution in [0.15, 0.2) is 66.7 Å². The monoisotopic (exact) mass is 584 g/mol. The van der Waals surface area contributed by atoms with Crippen LogP contribution in [0, 0.1) is 11.8 Å². The van der Waals surface area contributed by atoms with Crippen LogP contribution in [-0.2, 0) is 25.7 Å². The number of carbonyl (C=O) groups is 3. The Morgan fingerprint density at radius 2 is 1.74 bits per heavy atom. The molecule has 3 fully saturated rings. The predicted octanol–water partition coefficient (Wildman–Crippen LogP) is 4.48. The third-order valence-corrected chi connectivity index (χ3v) is 9.74. The van der Waals surface area contributed by atoms with Crippen molar-refractivity contribution < 1.29 is 19.1 Å². The maximum absolute atomic E-state index is 14.3. The maximum Gasteiger partial charge on any atom is 0.246 e. The Labute approximate surface area is 254 Å². The van der Waals surface area contributed by atoms with E-state index in [2.05, 4.69) is 41.5 Å². The lowest BCUT2D eigenvalue weighted by Crippen LogP contribution is -2.57. The molecule has 2 bridgehead atoms. The number of nitrogens with zero attached hydrogens (tertiary/aromatic N) is 2. The topological polar surface area (TPSA) is 91.0 Å². The first-order chi connectivity index (χ1) is 20.8. The fraction of sp³-hybridized carbons (Fsp3) is 0.514. The Hall–Kier alpha value is -3.49. The van der Waals surface area contributed by atoms with Crippen LogP contribution in [0.5, 0.6) is 0 Å². The number of hydrogen-bond donors (Lipinski definition) is 2. The molecule has 8 heteroatoms. The summed E-state index contributed by atoms with van der Waals surface area (Å²) < 4.78 is 6.52. The molecule has 0 aromatic heterocycles. The molecule has 1 spiro atoms. The summed E-state index contributed by atoms with van der Waals surface area (Å²) in [6.07, 6.45) is 8.49. The highest BCUT2D eigenvalue weighted by atomic mass is 16.5. The Balaban J connectivity index is 1.23. The predicted molar refractivity (Wildman–Crippen MR) is 166 cm³/mol. The number of rotatable bonds is 10. The summed E-state index contributed by atoms with van der Waals surface area (Å²) >= 11 is 0. The first-order valence-electron chi connectivity index (χ1n) is 15.9. The van der Waals surface area contributed by atoms with Gasteiger partial charge in [0.05, 0.1) is 17.9 Å². The molecular weight excluding hydrogens is 540 g/mol. The van der Waals surface area contributed by atoms with Crippen LogP contribution in [0.25, 0.3) is 0 Å². The second-order valence-corrected chi connectivity index (χ2v) is 13.1. The Kier molecular flexibility index (Phi) is 8.42. The van der Waals surface area contributed by atoms with Gasteiger partial charge in [0.2, 0.25) is 17.7 Å². The van der Waals surface area contributed by atoms with Crippen molar-refractivity contribution in [3.8, 4) is 0 Å². The molecule has 0 unspecified atom stereocenters. The molecule has 1 saturated carbocycles. The molecule has 228 valence electrons. The lowest BCUT2D eigenvalue weighted by atomic mass is 9.74. The molecule has 5 atom stereocenters. The van der Waals surface area contributed by atoms with E-state index >= 15 is 0 Å². The number of nitrogens with one attached hydrogen (secondary N) is 2. The van der Waals surface area contributed by atoms with Gasteiger partial charge in [0, 0.05) is 31.4 Å². The molecule has 0 radical (unpaired) electrons. The van der Waals surface area contributed by atoms with E-state index in [1.165, 1.54) is 17.5 Å². The van der Waals surface area contributed by atoms with Crippen molar-refractivity contribution in [1.29, 1.82) is 0 Å². The van der Waals surface area contributed by atoms with Gasteiger partial charge in [-0.15, -0.1) is 0 Å². The summed E-state index contributed by atoms with van der Waals surface area (Å²) in [7, 11) is 2.02. The number of amides is 3. The summed E-state index contributed by atoms with van der Waals surface area (Å²) in [6, 6.07) is 17.3. The number of ether oxygens (including phenoxy) is 1. The van der Waals surface area contributed by atoms with Crippen LogP contribution in [-0.4, -0.2) is 71.4 Å². The summed E-state index contributed by atoms with van der Waals surface area (Å²) in [5, 5.41) is 6.30. The van der Waals surface area contributed by atoms with Gasteiger partial charge in [-0.3, -0.25) is 14.4 Å². The lowest BCUT2D eigenvalue weighted by Gasteiger charge is -2.34. The number of likely N-dealkylation sites (tertiary alicyclic amines) is 1. The minimum absolute atomic E-state index is 0.102. The van der Waals surface area contributed by atoms with E-state index in [1.54, 1.807) is 4.90 Å². The van der Waals surface area contributed by atoms with Crippen LogP contribution in [0.4, 0.5) is 5.69 Å². The summed E-state index contributed by atoms with van der Waals surface area (Å²) in [5.74, 6) is -1.68. The van der Waals surface area contributed by atoms with Crippen LogP contribution in [0.2, 0.25) is 0 Å². The van der Waals surface area contributed by atoms with E-state index in [-0.39, 0.29) is 23.8 Å². The molecule has 2 N–H and O–H groups in total. The average Bonchev–Trinajstić information content (AvgIpc) is 3.64. The van der Waals surface area contributed by atoms with Gasteiger partial charge in [-0.05, 0) is 49.1 Å². The van der Waals surface area contributed by atoms with Crippen molar-refractivity contribution in [3.05, 3.63) is 77.9 Å². The molecule has 4 aliphatic rings. The number of likely N-dealkylation sites (N-methyl/N-ethyl adjacent to an activating group) is 1. The van der Waals surface area contributed by atoms with Gasteiger partial charge in [-0.2, -0.15) is 0 Å². The van der Waals surface area contributed by atoms with Gasteiger partial charge in [0.1, 0.15) is 11.6 Å². The quantitative estimate of drug-likeness (QED) is 0.402. The number of fused-ring (bicyclic) bond motifs is 1. The van der Waals surface area contributed by atoms with E-state index in [1.807, 2.05) is 61.7 Å². The van der Waals surface area contributed by atoms with Crippen molar-refractivity contribution in [2.45, 2.75) is 82.2 Å². The van der Waals surface area contributed by atoms with Crippen LogP contribution in [0.3, 0.4) is 0 Å². The number of hydrogen-bond acceptors (Lipinski definition) is 5. The number of benzene rings is 2. The molecule has 2 aromatic carbocycles. The number of carbonyl (C=O) groups excluding carboxylic acids is 3. The van der Waals surface area contributed by atoms with Gasteiger partial charge < -0.3 is 25.2 Å². The van der Waals surface area contributed by atoms with Crippen LogP contribution >= 0.6 is 0 Å². The summed E-state index contributed by atoms with van der Waals surface area (Å²) in [5.41, 5.74) is 1.91. The lowest BCUT2D eigenvalue weighted by molar-refractivity contribution is -0.141. The maximum atomic E-state index is 14.3. The zero-order valence-electron chi connectivity index (χ0n) is 25.5. The smallest absolute Gasteiger partial charge is 0.246 e. The Morgan fingerprint density at radius 1 is 1.02 bits per heavy atom. The van der Waals surface area contributed by atoms with E-state index in [4.69, 9.17) is 4.74 Å². The zero-order valence-corrected chi connectivity index (χ0v) is 25.5. The second-order valence-electron chi connectivity index (χ2n) is 13.1. The van der Waals surface area contributed by atoms with Crippen molar-refractivity contribution in [3.63, 3.8) is 0 Å². The fourth-order valence-electron chi connectivity index (χ4n) is 7.46. The van der Waals surface area contributed by atoms with Crippen molar-refractivity contribution in [1.82, 2.24) is 15.1 Å². The molecule has 3 aliphatic heterocycles. The molecule has 2 aromatic rings. The normalized spacial score (nSPS) is 28.1. The van der Waals surface area contributed by atoms with Crippen molar-refractivity contribution in [2.24, 2.45) is 11.8 Å². The number of anilines is 1. The highest BCUT2D eigenvalue weighted by Crippen LogP contribution is 2.55. The minimum atomic E-state index is -1.15. The van der Waals surface area contributed by atoms with Gasteiger partial charge in [0.15, 0.2) is 0 Å². The van der Waals surface area contributed by atoms with Gasteiger partial charge >= 0.3 is 0 Å². The highest BCUT2D eigenvalue weighted by Gasteiger charge is 2.72. The second kappa shape index (κ2) is 12.2. The van der Waals surface area contributed by atoms with Gasteiger partial charge in [0.25, 0.3) is 0 Å². The first kappa shape index (κ1) is 29.6. The van der Waals surface area contributed by atoms with Crippen LogP contribution in [0.1, 0.15) is 63.0 Å². The Morgan fingerprint density at radius 3 is 2.44 bits per heavy atom. The van der Waals surface area contributed by atoms with Crippen molar-refractivity contribution >= 4 is 23.4 Å². The largest absolute Gasteiger partial charge is 0.359 e. The van der Waals surface area contributed by atoms with E-state index < -0.39 is 29.6 Å². The molecule has 6 rings (SSSR count). The summed E-state index contributed by atoms with van der Waals surface area (Å²) in [6.45, 7) is 5.95. The Bertz CT molecular complexity index is 1350. The van der Waals surface area contributed by atoms with Gasteiger partial charge in [-0.25, -0.2) is 0 Å². The molecule has 43 heavy (non-hydrogen) atoms. The fourth-order valence-corrected chi connectivity index (χ4v) is 7.46. The van der Waals surface area contributed by atoms with Crippen LogP contribution < -0.4 is 10.6 Å². The SMILES string of the molecule is CC(C)c1ccc(NC(=O)[C@@H]2[C@H]3C=C[C@]4(O3)[C@H](C(=O)NC3CCCCC3)N(CCN(C)Cc3ccccc3)C(=O)[C@@H]24)cc1. The molecule has 3 heterocycles. The standard InChI is InChI=1S/C35H44N4O4/c1-23(2)25-14-16-27(17-15-25)36-32(40)29-28-18-19-35(43-28)30(29)34(42)39(21-20-38(3)22-24-10-6-4-7-11-24)31(35)33(41)37-26-12-8-5-9-13-26/h4,6-7,10-11,14-19,23,26,28-31H,5,8-9,12-13,20-22H2,1-3H3,(H,36,40)(H,37,41)/t28-,29-,30-,31+,35-/m1/s1. The van der Waals surface area contributed by atoms with E-state index in [0.29, 0.717) is 24.7 Å². The molecular formula is C35H44N4O4. The van der Waals surface area contributed by atoms with Gasteiger partial charge in [-0.1, -0.05) is 87.7 Å². The summed E-state index contributed by atoms with van der Waals surface area (Å²) in [4.78, 5) is 45.9. The zero-order chi connectivity index (χ0) is 30.1. The van der Waals surface area contributed by atoms with E-state index in [9.17, 15) is 14.4 Å². The molecule has 3 amide bonds. The molecule has 1 aliphatic carbocycles. The average molecular weight is 585 g/mol. The van der Waals surface area contributed by atoms with Crippen molar-refractivity contribution in [2.75, 3.05) is 25.5 Å². The highest BCUT2D eigenvalue weighted by molar-refractivity contribution is 6.02.